The number of ether oxygens (including phenoxy) is 1. The molecule has 134 valence electrons. The molecule has 6 nitrogen and oxygen atoms in total. The topological polar surface area (TPSA) is 84.7 Å². The first-order valence-electron chi connectivity index (χ1n) is 7.63. The Morgan fingerprint density at radius 3 is 2.46 bits per heavy atom. The summed E-state index contributed by atoms with van der Waals surface area (Å²) in [5.41, 5.74) is 6.69. The number of carbonyl (C=O) groups is 2. The van der Waals surface area contributed by atoms with Crippen LogP contribution in [-0.2, 0) is 9.53 Å². The zero-order chi connectivity index (χ0) is 17.0. The molecule has 0 spiro atoms. The van der Waals surface area contributed by atoms with Crippen molar-refractivity contribution in [2.24, 2.45) is 11.7 Å². The van der Waals surface area contributed by atoms with Crippen molar-refractivity contribution in [2.45, 2.75) is 19.9 Å². The Kier molecular flexibility index (Phi) is 7.96. The highest BCUT2D eigenvalue weighted by Crippen LogP contribution is 2.23. The maximum absolute atomic E-state index is 12.4. The van der Waals surface area contributed by atoms with Crippen LogP contribution in [0.15, 0.2) is 18.2 Å². The van der Waals surface area contributed by atoms with E-state index >= 15 is 0 Å². The van der Waals surface area contributed by atoms with E-state index in [9.17, 15) is 9.59 Å². The van der Waals surface area contributed by atoms with Crippen LogP contribution >= 0.6 is 24.0 Å². The normalized spacial score (nSPS) is 16.8. The smallest absolute Gasteiger partial charge is 0.255 e. The van der Waals surface area contributed by atoms with Crippen molar-refractivity contribution in [3.05, 3.63) is 28.8 Å². The number of nitrogens with one attached hydrogen (secondary N) is 1. The Morgan fingerprint density at radius 2 is 1.92 bits per heavy atom. The quantitative estimate of drug-likeness (QED) is 0.844. The van der Waals surface area contributed by atoms with Crippen molar-refractivity contribution in [1.29, 1.82) is 0 Å². The van der Waals surface area contributed by atoms with E-state index < -0.39 is 0 Å². The Balaban J connectivity index is 0.00000288. The predicted octanol–water partition coefficient (Wildman–Crippen LogP) is 2.16. The lowest BCUT2D eigenvalue weighted by Crippen LogP contribution is -2.40. The Hall–Kier alpha value is -1.34. The molecule has 0 saturated carbocycles. The van der Waals surface area contributed by atoms with Gasteiger partial charge in [0.2, 0.25) is 5.91 Å². The predicted molar refractivity (Wildman–Crippen MR) is 96.9 cm³/mol. The van der Waals surface area contributed by atoms with E-state index in [0.29, 0.717) is 42.6 Å². The zero-order valence-corrected chi connectivity index (χ0v) is 15.3. The standard InChI is InChI=1S/C16H22ClN3O3.ClH/c1-10(11(2)18)15(21)19-12-3-4-13(14(17)9-12)16(22)20-5-7-23-8-6-20;/h3-4,9-11H,5-8,18H2,1-2H3,(H,19,21);1H. The third-order valence-corrected chi connectivity index (χ3v) is 4.28. The molecule has 2 unspecified atom stereocenters. The molecule has 1 aromatic rings. The molecule has 3 N–H and O–H groups in total. The van der Waals surface area contributed by atoms with Gasteiger partial charge in [0, 0.05) is 24.8 Å². The van der Waals surface area contributed by atoms with Crippen LogP contribution in [0, 0.1) is 5.92 Å². The first-order chi connectivity index (χ1) is 10.9. The lowest BCUT2D eigenvalue weighted by atomic mass is 10.0. The number of nitrogens with zero attached hydrogens (tertiary/aromatic N) is 1. The molecule has 1 aliphatic rings. The monoisotopic (exact) mass is 375 g/mol. The van der Waals surface area contributed by atoms with Gasteiger partial charge in [0.15, 0.2) is 0 Å². The van der Waals surface area contributed by atoms with E-state index in [1.165, 1.54) is 0 Å². The molecule has 24 heavy (non-hydrogen) atoms. The molecular formula is C16H23Cl2N3O3. The molecule has 1 saturated heterocycles. The van der Waals surface area contributed by atoms with Crippen LogP contribution < -0.4 is 11.1 Å². The van der Waals surface area contributed by atoms with Crippen molar-refractivity contribution in [1.82, 2.24) is 4.90 Å². The molecule has 2 atom stereocenters. The van der Waals surface area contributed by atoms with E-state index in [0.717, 1.165) is 0 Å². The number of carbonyl (C=O) groups excluding carboxylic acids is 2. The van der Waals surface area contributed by atoms with Gasteiger partial charge in [-0.15, -0.1) is 12.4 Å². The van der Waals surface area contributed by atoms with Crippen LogP contribution in [0.1, 0.15) is 24.2 Å². The number of hydrogen-bond acceptors (Lipinski definition) is 4. The van der Waals surface area contributed by atoms with Crippen molar-refractivity contribution in [2.75, 3.05) is 31.6 Å². The fourth-order valence-electron chi connectivity index (χ4n) is 2.20. The number of hydrogen-bond donors (Lipinski definition) is 2. The second-order valence-corrected chi connectivity index (χ2v) is 6.14. The van der Waals surface area contributed by atoms with Gasteiger partial charge in [-0.25, -0.2) is 0 Å². The van der Waals surface area contributed by atoms with E-state index in [2.05, 4.69) is 5.32 Å². The first-order valence-corrected chi connectivity index (χ1v) is 8.01. The number of nitrogens with two attached hydrogens (primary N) is 1. The van der Waals surface area contributed by atoms with E-state index in [1.807, 2.05) is 0 Å². The summed E-state index contributed by atoms with van der Waals surface area (Å²) in [6.45, 7) is 5.72. The summed E-state index contributed by atoms with van der Waals surface area (Å²) in [6.07, 6.45) is 0. The van der Waals surface area contributed by atoms with Crippen molar-refractivity contribution >= 4 is 41.5 Å². The average Bonchev–Trinajstić information content (AvgIpc) is 2.54. The van der Waals surface area contributed by atoms with Gasteiger partial charge in [0.25, 0.3) is 5.91 Å². The van der Waals surface area contributed by atoms with E-state index in [4.69, 9.17) is 22.1 Å². The molecule has 2 amide bonds. The molecule has 8 heteroatoms. The fourth-order valence-corrected chi connectivity index (χ4v) is 2.46. The molecule has 1 aliphatic heterocycles. The molecule has 1 fully saturated rings. The van der Waals surface area contributed by atoms with Gasteiger partial charge in [0.05, 0.1) is 29.7 Å². The highest BCUT2D eigenvalue weighted by atomic mass is 35.5. The lowest BCUT2D eigenvalue weighted by molar-refractivity contribution is -0.119. The maximum atomic E-state index is 12.4. The minimum absolute atomic E-state index is 0. The minimum Gasteiger partial charge on any atom is -0.378 e. The molecule has 0 aromatic heterocycles. The Bertz CT molecular complexity index is 590. The van der Waals surface area contributed by atoms with Crippen LogP contribution in [0.3, 0.4) is 0 Å². The molecule has 1 heterocycles. The molecule has 0 radical (unpaired) electrons. The Morgan fingerprint density at radius 1 is 1.29 bits per heavy atom. The first kappa shape index (κ1) is 20.7. The van der Waals surface area contributed by atoms with Gasteiger partial charge in [-0.2, -0.15) is 0 Å². The summed E-state index contributed by atoms with van der Waals surface area (Å²) in [7, 11) is 0. The van der Waals surface area contributed by atoms with Crippen LogP contribution in [0.5, 0.6) is 0 Å². The third-order valence-electron chi connectivity index (χ3n) is 3.97. The molecule has 0 bridgehead atoms. The number of anilines is 1. The summed E-state index contributed by atoms with van der Waals surface area (Å²) in [4.78, 5) is 26.2. The highest BCUT2D eigenvalue weighted by molar-refractivity contribution is 6.34. The summed E-state index contributed by atoms with van der Waals surface area (Å²) in [5, 5.41) is 3.07. The van der Waals surface area contributed by atoms with Crippen LogP contribution in [0.2, 0.25) is 5.02 Å². The van der Waals surface area contributed by atoms with Gasteiger partial charge in [0.1, 0.15) is 0 Å². The second kappa shape index (κ2) is 9.22. The highest BCUT2D eigenvalue weighted by Gasteiger charge is 2.22. The SMILES string of the molecule is CC(N)C(C)C(=O)Nc1ccc(C(=O)N2CCOCC2)c(Cl)c1.Cl. The minimum atomic E-state index is -0.316. The maximum Gasteiger partial charge on any atom is 0.255 e. The van der Waals surface area contributed by atoms with Gasteiger partial charge < -0.3 is 20.7 Å². The van der Waals surface area contributed by atoms with Crippen LogP contribution in [0.25, 0.3) is 0 Å². The van der Waals surface area contributed by atoms with Crippen molar-refractivity contribution in [3.63, 3.8) is 0 Å². The lowest BCUT2D eigenvalue weighted by Gasteiger charge is -2.27. The van der Waals surface area contributed by atoms with Gasteiger partial charge in [-0.3, -0.25) is 9.59 Å². The number of benzene rings is 1. The summed E-state index contributed by atoms with van der Waals surface area (Å²) >= 11 is 6.21. The third kappa shape index (κ3) is 5.08. The van der Waals surface area contributed by atoms with Gasteiger partial charge in [-0.05, 0) is 25.1 Å². The number of halogens is 2. The largest absolute Gasteiger partial charge is 0.378 e. The molecule has 1 aromatic carbocycles. The number of rotatable bonds is 4. The summed E-state index contributed by atoms with van der Waals surface area (Å²) < 4.78 is 5.24. The van der Waals surface area contributed by atoms with E-state index in [-0.39, 0.29) is 36.2 Å². The number of morpholine rings is 1. The average molecular weight is 376 g/mol. The Labute approximate surface area is 153 Å². The molecular weight excluding hydrogens is 353 g/mol. The molecule has 2 rings (SSSR count). The van der Waals surface area contributed by atoms with Crippen LogP contribution in [-0.4, -0.2) is 49.1 Å². The number of amides is 2. The van der Waals surface area contributed by atoms with Crippen LogP contribution in [0.4, 0.5) is 5.69 Å². The summed E-state index contributed by atoms with van der Waals surface area (Å²) in [5.74, 6) is -0.619. The molecule has 0 aliphatic carbocycles. The van der Waals surface area contributed by atoms with Gasteiger partial charge in [-0.1, -0.05) is 18.5 Å². The van der Waals surface area contributed by atoms with Gasteiger partial charge >= 0.3 is 0 Å². The second-order valence-electron chi connectivity index (χ2n) is 5.74. The zero-order valence-electron chi connectivity index (χ0n) is 13.8. The van der Waals surface area contributed by atoms with Crippen molar-refractivity contribution in [3.8, 4) is 0 Å². The van der Waals surface area contributed by atoms with E-state index in [1.54, 1.807) is 36.9 Å². The summed E-state index contributed by atoms with van der Waals surface area (Å²) in [6, 6.07) is 4.64. The fraction of sp³-hybridized carbons (Fsp3) is 0.500. The van der Waals surface area contributed by atoms with Crippen molar-refractivity contribution < 1.29 is 14.3 Å².